The molecule has 3 N–H and O–H groups in total. The van der Waals surface area contributed by atoms with E-state index in [0.29, 0.717) is 23.6 Å². The molecule has 1 aliphatic heterocycles. The average molecular weight is 338 g/mol. The summed E-state index contributed by atoms with van der Waals surface area (Å²) >= 11 is 0. The van der Waals surface area contributed by atoms with Crippen molar-refractivity contribution in [2.24, 2.45) is 5.92 Å². The van der Waals surface area contributed by atoms with Gasteiger partial charge in [0.25, 0.3) is 0 Å². The summed E-state index contributed by atoms with van der Waals surface area (Å²) in [5, 5.41) is 16.6. The number of carbonyl (C=O) groups is 1. The van der Waals surface area contributed by atoms with Gasteiger partial charge in [-0.3, -0.25) is 0 Å². The molecular weight excluding hydrogens is 312 g/mol. The highest BCUT2D eigenvalue weighted by molar-refractivity contribution is 5.68. The fourth-order valence-corrected chi connectivity index (χ4v) is 2.64. The van der Waals surface area contributed by atoms with Crippen molar-refractivity contribution in [2.75, 3.05) is 32.6 Å². The van der Waals surface area contributed by atoms with E-state index in [4.69, 9.17) is 14.2 Å². The number of nitrogens with one attached hydrogen (secondary N) is 2. The van der Waals surface area contributed by atoms with Crippen LogP contribution in [0.2, 0.25) is 0 Å². The lowest BCUT2D eigenvalue weighted by atomic mass is 9.89. The smallest absolute Gasteiger partial charge is 0.407 e. The number of hydrogen-bond donors (Lipinski definition) is 3. The van der Waals surface area contributed by atoms with Crippen LogP contribution in [0.3, 0.4) is 0 Å². The minimum absolute atomic E-state index is 0.202. The monoisotopic (exact) mass is 338 g/mol. The van der Waals surface area contributed by atoms with Crippen LogP contribution < -0.4 is 20.1 Å². The molecule has 1 amide bonds. The van der Waals surface area contributed by atoms with Crippen LogP contribution in [0.25, 0.3) is 0 Å². The van der Waals surface area contributed by atoms with Gasteiger partial charge in [0.15, 0.2) is 0 Å². The zero-order chi connectivity index (χ0) is 17.9. The van der Waals surface area contributed by atoms with Crippen LogP contribution >= 0.6 is 0 Å². The maximum Gasteiger partial charge on any atom is 0.407 e. The van der Waals surface area contributed by atoms with Gasteiger partial charge in [0.1, 0.15) is 17.1 Å². The minimum atomic E-state index is -0.767. The van der Waals surface area contributed by atoms with Gasteiger partial charge in [-0.15, -0.1) is 0 Å². The molecule has 7 nitrogen and oxygen atoms in total. The normalized spacial score (nSPS) is 19.8. The van der Waals surface area contributed by atoms with Crippen LogP contribution in [0, 0.1) is 5.92 Å². The summed E-state index contributed by atoms with van der Waals surface area (Å²) < 4.78 is 15.8. The lowest BCUT2D eigenvalue weighted by Crippen LogP contribution is -2.40. The number of alkyl carbamates (subject to hydrolysis) is 1. The lowest BCUT2D eigenvalue weighted by molar-refractivity contribution is 0.0486. The summed E-state index contributed by atoms with van der Waals surface area (Å²) in [7, 11) is 3.12. The van der Waals surface area contributed by atoms with Crippen molar-refractivity contribution in [1.29, 1.82) is 0 Å². The first-order valence-electron chi connectivity index (χ1n) is 7.90. The number of carbonyl (C=O) groups excluding carboxylic acids is 1. The fraction of sp³-hybridized carbons (Fsp3) is 0.588. The second kappa shape index (κ2) is 7.17. The Balaban J connectivity index is 2.09. The predicted molar refractivity (Wildman–Crippen MR) is 90.7 cm³/mol. The molecule has 0 aliphatic carbocycles. The third-order valence-corrected chi connectivity index (χ3v) is 3.78. The minimum Gasteiger partial charge on any atom is -0.497 e. The Bertz CT molecular complexity index is 580. The second-order valence-corrected chi connectivity index (χ2v) is 6.76. The zero-order valence-electron chi connectivity index (χ0n) is 14.8. The maximum atomic E-state index is 11.8. The molecule has 24 heavy (non-hydrogen) atoms. The highest BCUT2D eigenvalue weighted by atomic mass is 16.6. The largest absolute Gasteiger partial charge is 0.497 e. The van der Waals surface area contributed by atoms with Crippen molar-refractivity contribution in [3.63, 3.8) is 0 Å². The molecule has 1 aliphatic rings. The molecule has 0 aromatic heterocycles. The van der Waals surface area contributed by atoms with Gasteiger partial charge in [0, 0.05) is 42.4 Å². The molecule has 134 valence electrons. The van der Waals surface area contributed by atoms with E-state index in [2.05, 4.69) is 10.6 Å². The first-order valence-corrected chi connectivity index (χ1v) is 7.90. The number of ether oxygens (including phenoxy) is 3. The first kappa shape index (κ1) is 18.2. The molecule has 2 rings (SSSR count). The van der Waals surface area contributed by atoms with Gasteiger partial charge in [-0.2, -0.15) is 0 Å². The van der Waals surface area contributed by atoms with Crippen molar-refractivity contribution in [2.45, 2.75) is 32.5 Å². The second-order valence-electron chi connectivity index (χ2n) is 6.76. The number of hydrogen-bond acceptors (Lipinski definition) is 6. The Morgan fingerprint density at radius 2 is 2.04 bits per heavy atom. The third-order valence-electron chi connectivity index (χ3n) is 3.78. The van der Waals surface area contributed by atoms with Crippen LogP contribution in [0.15, 0.2) is 12.1 Å². The molecule has 0 saturated carbocycles. The van der Waals surface area contributed by atoms with E-state index in [1.165, 1.54) is 0 Å². The van der Waals surface area contributed by atoms with Gasteiger partial charge in [-0.05, 0) is 20.8 Å². The van der Waals surface area contributed by atoms with E-state index >= 15 is 0 Å². The van der Waals surface area contributed by atoms with Crippen LogP contribution in [0.5, 0.6) is 11.5 Å². The van der Waals surface area contributed by atoms with Gasteiger partial charge in [-0.1, -0.05) is 0 Å². The van der Waals surface area contributed by atoms with E-state index in [1.54, 1.807) is 41.1 Å². The molecule has 0 unspecified atom stereocenters. The summed E-state index contributed by atoms with van der Waals surface area (Å²) in [6.45, 7) is 6.21. The summed E-state index contributed by atoms with van der Waals surface area (Å²) in [5.74, 6) is 0.995. The van der Waals surface area contributed by atoms with Crippen LogP contribution in [-0.4, -0.2) is 44.1 Å². The van der Waals surface area contributed by atoms with E-state index < -0.39 is 17.8 Å². The molecule has 0 saturated heterocycles. The van der Waals surface area contributed by atoms with Crippen molar-refractivity contribution < 1.29 is 24.1 Å². The SMILES string of the molecule is COc1cc2c(c(OC)c1)[C@H](O)[C@@H](CNC(=O)OC(C)(C)C)CN2. The lowest BCUT2D eigenvalue weighted by Gasteiger charge is -2.32. The Morgan fingerprint density at radius 3 is 2.62 bits per heavy atom. The molecule has 0 fully saturated rings. The van der Waals surface area contributed by atoms with Crippen molar-refractivity contribution in [1.82, 2.24) is 5.32 Å². The number of fused-ring (bicyclic) bond motifs is 1. The number of methoxy groups -OCH3 is 2. The van der Waals surface area contributed by atoms with Gasteiger partial charge in [0.2, 0.25) is 0 Å². The summed E-state index contributed by atoms with van der Waals surface area (Å²) in [6.07, 6.45) is -1.26. The molecule has 0 spiro atoms. The number of aliphatic hydroxyl groups is 1. The van der Waals surface area contributed by atoms with E-state index in [0.717, 1.165) is 5.69 Å². The van der Waals surface area contributed by atoms with Gasteiger partial charge < -0.3 is 30.0 Å². The Morgan fingerprint density at radius 1 is 1.33 bits per heavy atom. The number of rotatable bonds is 4. The fourth-order valence-electron chi connectivity index (χ4n) is 2.64. The number of aliphatic hydroxyl groups excluding tert-OH is 1. The molecular formula is C17H26N2O5. The first-order chi connectivity index (χ1) is 11.2. The molecule has 7 heteroatoms. The van der Waals surface area contributed by atoms with E-state index in [9.17, 15) is 9.90 Å². The highest BCUT2D eigenvalue weighted by Crippen LogP contribution is 2.42. The molecule has 1 aromatic carbocycles. The predicted octanol–water partition coefficient (Wildman–Crippen LogP) is 2.30. The number of benzene rings is 1. The molecule has 2 atom stereocenters. The van der Waals surface area contributed by atoms with Crippen molar-refractivity contribution >= 4 is 11.8 Å². The number of anilines is 1. The molecule has 0 bridgehead atoms. The van der Waals surface area contributed by atoms with Crippen LogP contribution in [0.1, 0.15) is 32.4 Å². The summed E-state index contributed by atoms with van der Waals surface area (Å²) in [5.41, 5.74) is 0.882. The summed E-state index contributed by atoms with van der Waals surface area (Å²) in [4.78, 5) is 11.8. The topological polar surface area (TPSA) is 89.0 Å². The van der Waals surface area contributed by atoms with Crippen LogP contribution in [0.4, 0.5) is 10.5 Å². The molecule has 0 radical (unpaired) electrons. The Labute approximate surface area is 142 Å². The standard InChI is InChI=1S/C17H26N2O5/c1-17(2,3)24-16(21)19-9-10-8-18-12-6-11(22-4)7-13(23-5)14(12)15(10)20/h6-7,10,15,18,20H,8-9H2,1-5H3,(H,19,21)/t10-,15-/m1/s1. The van der Waals surface area contributed by atoms with Crippen LogP contribution in [-0.2, 0) is 4.74 Å². The summed E-state index contributed by atoms with van der Waals surface area (Å²) in [6, 6.07) is 3.55. The molecule has 1 heterocycles. The Kier molecular flexibility index (Phi) is 5.43. The van der Waals surface area contributed by atoms with E-state index in [1.807, 2.05) is 6.07 Å². The highest BCUT2D eigenvalue weighted by Gasteiger charge is 2.32. The zero-order valence-corrected chi connectivity index (χ0v) is 14.8. The molecule has 1 aromatic rings. The van der Waals surface area contributed by atoms with Gasteiger partial charge in [0.05, 0.1) is 20.3 Å². The van der Waals surface area contributed by atoms with E-state index in [-0.39, 0.29) is 12.5 Å². The number of amides is 1. The van der Waals surface area contributed by atoms with Gasteiger partial charge >= 0.3 is 6.09 Å². The van der Waals surface area contributed by atoms with Crippen molar-refractivity contribution in [3.05, 3.63) is 17.7 Å². The maximum absolute atomic E-state index is 11.8. The van der Waals surface area contributed by atoms with Crippen molar-refractivity contribution in [3.8, 4) is 11.5 Å². The quantitative estimate of drug-likeness (QED) is 0.781. The third kappa shape index (κ3) is 4.23. The Hall–Kier alpha value is -2.15. The van der Waals surface area contributed by atoms with Gasteiger partial charge in [-0.25, -0.2) is 4.79 Å². The average Bonchev–Trinajstić information content (AvgIpc) is 2.51.